The number of nitrogens with zero attached hydrogens (tertiary/aromatic N) is 4. The van der Waals surface area contributed by atoms with Gasteiger partial charge in [0.25, 0.3) is 5.91 Å². The van der Waals surface area contributed by atoms with Gasteiger partial charge < -0.3 is 14.8 Å². The largest absolute Gasteiger partial charge is 0.369 e. The van der Waals surface area contributed by atoms with Crippen molar-refractivity contribution < 1.29 is 4.79 Å². The van der Waals surface area contributed by atoms with Gasteiger partial charge in [-0.3, -0.25) is 4.79 Å². The predicted molar refractivity (Wildman–Crippen MR) is 130 cm³/mol. The molecule has 0 radical (unpaired) electrons. The Hall–Kier alpha value is -3.15. The third-order valence-corrected chi connectivity index (χ3v) is 6.28. The van der Waals surface area contributed by atoms with Gasteiger partial charge in [-0.15, -0.1) is 10.2 Å². The van der Waals surface area contributed by atoms with Gasteiger partial charge in [-0.1, -0.05) is 18.6 Å². The average Bonchev–Trinajstić information content (AvgIpc) is 3.04. The molecule has 0 unspecified atom stereocenters. The number of nitrogens with one attached hydrogen (secondary N) is 1. The van der Waals surface area contributed by atoms with Gasteiger partial charge in [0, 0.05) is 48.1 Å². The summed E-state index contributed by atoms with van der Waals surface area (Å²) in [4.78, 5) is 15.3. The number of rotatable bonds is 6. The standard InChI is InChI=1S/C26H33N5O/c1-5-30(18(2)3)22-14-12-20(13-15-22)26(32)27-23-17-21(11-10-19(23)4)25-29-28-24-9-7-6-8-16-31(24)25/h10-15,17-18H,5-9,16H2,1-4H3,(H,27,32). The molecular weight excluding hydrogens is 398 g/mol. The van der Waals surface area contributed by atoms with Crippen molar-refractivity contribution in [2.45, 2.75) is 66.0 Å². The number of aromatic nitrogens is 3. The normalized spacial score (nSPS) is 13.5. The van der Waals surface area contributed by atoms with Gasteiger partial charge in [0.05, 0.1) is 0 Å². The molecule has 4 rings (SSSR count). The van der Waals surface area contributed by atoms with Crippen molar-refractivity contribution in [1.82, 2.24) is 14.8 Å². The Morgan fingerprint density at radius 2 is 1.88 bits per heavy atom. The minimum Gasteiger partial charge on any atom is -0.369 e. The van der Waals surface area contributed by atoms with Crippen molar-refractivity contribution in [2.24, 2.45) is 0 Å². The molecule has 0 bridgehead atoms. The lowest BCUT2D eigenvalue weighted by Gasteiger charge is -2.27. The summed E-state index contributed by atoms with van der Waals surface area (Å²) in [5, 5.41) is 12.0. The van der Waals surface area contributed by atoms with Crippen LogP contribution in [0.3, 0.4) is 0 Å². The van der Waals surface area contributed by atoms with Crippen molar-refractivity contribution in [2.75, 3.05) is 16.8 Å². The van der Waals surface area contributed by atoms with E-state index in [4.69, 9.17) is 0 Å². The summed E-state index contributed by atoms with van der Waals surface area (Å²) in [7, 11) is 0. The highest BCUT2D eigenvalue weighted by molar-refractivity contribution is 6.05. The molecule has 1 aliphatic heterocycles. The summed E-state index contributed by atoms with van der Waals surface area (Å²) in [6.07, 6.45) is 4.52. The maximum Gasteiger partial charge on any atom is 0.255 e. The van der Waals surface area contributed by atoms with E-state index in [1.807, 2.05) is 43.3 Å². The van der Waals surface area contributed by atoms with E-state index < -0.39 is 0 Å². The molecule has 3 aromatic rings. The zero-order valence-electron chi connectivity index (χ0n) is 19.6. The fourth-order valence-corrected chi connectivity index (χ4v) is 4.44. The van der Waals surface area contributed by atoms with Crippen LogP contribution < -0.4 is 10.2 Å². The van der Waals surface area contributed by atoms with Gasteiger partial charge >= 0.3 is 0 Å². The third kappa shape index (κ3) is 4.54. The van der Waals surface area contributed by atoms with Gasteiger partial charge in [0.15, 0.2) is 5.82 Å². The third-order valence-electron chi connectivity index (χ3n) is 6.28. The summed E-state index contributed by atoms with van der Waals surface area (Å²) in [6.45, 7) is 10.4. The Morgan fingerprint density at radius 1 is 1.09 bits per heavy atom. The van der Waals surface area contributed by atoms with Crippen LogP contribution in [0.2, 0.25) is 0 Å². The quantitative estimate of drug-likeness (QED) is 0.562. The first-order chi connectivity index (χ1) is 15.5. The fraction of sp³-hybridized carbons (Fsp3) is 0.423. The molecule has 32 heavy (non-hydrogen) atoms. The average molecular weight is 432 g/mol. The Kier molecular flexibility index (Phi) is 6.58. The minimum absolute atomic E-state index is 0.107. The number of amides is 1. The highest BCUT2D eigenvalue weighted by atomic mass is 16.1. The highest BCUT2D eigenvalue weighted by Crippen LogP contribution is 2.27. The molecule has 1 amide bonds. The molecule has 1 aliphatic rings. The molecule has 0 atom stereocenters. The van der Waals surface area contributed by atoms with Crippen LogP contribution in [-0.4, -0.2) is 33.3 Å². The van der Waals surface area contributed by atoms with Crippen molar-refractivity contribution in [3.8, 4) is 11.4 Å². The van der Waals surface area contributed by atoms with Crippen molar-refractivity contribution in [3.63, 3.8) is 0 Å². The first-order valence-corrected chi connectivity index (χ1v) is 11.7. The number of fused-ring (bicyclic) bond motifs is 1. The van der Waals surface area contributed by atoms with E-state index in [2.05, 4.69) is 51.8 Å². The first kappa shape index (κ1) is 22.1. The lowest BCUT2D eigenvalue weighted by atomic mass is 10.1. The molecule has 6 heteroatoms. The highest BCUT2D eigenvalue weighted by Gasteiger charge is 2.17. The van der Waals surface area contributed by atoms with Gasteiger partial charge in [0.2, 0.25) is 0 Å². The van der Waals surface area contributed by atoms with Crippen molar-refractivity contribution in [3.05, 3.63) is 59.4 Å². The second-order valence-corrected chi connectivity index (χ2v) is 8.81. The maximum atomic E-state index is 13.0. The van der Waals surface area contributed by atoms with E-state index in [0.29, 0.717) is 11.6 Å². The molecule has 168 valence electrons. The van der Waals surface area contributed by atoms with Crippen molar-refractivity contribution in [1.29, 1.82) is 0 Å². The summed E-state index contributed by atoms with van der Waals surface area (Å²) >= 11 is 0. The predicted octanol–water partition coefficient (Wildman–Crippen LogP) is 5.47. The number of hydrogen-bond donors (Lipinski definition) is 1. The van der Waals surface area contributed by atoms with Gasteiger partial charge in [-0.05, 0) is 76.4 Å². The van der Waals surface area contributed by atoms with E-state index in [9.17, 15) is 4.79 Å². The monoisotopic (exact) mass is 431 g/mol. The second kappa shape index (κ2) is 9.55. The molecule has 2 aromatic carbocycles. The number of benzene rings is 2. The van der Waals surface area contributed by atoms with Gasteiger partial charge in [0.1, 0.15) is 5.82 Å². The van der Waals surface area contributed by atoms with E-state index >= 15 is 0 Å². The molecule has 1 aromatic heterocycles. The number of hydrogen-bond acceptors (Lipinski definition) is 4. The van der Waals surface area contributed by atoms with Crippen LogP contribution in [0.15, 0.2) is 42.5 Å². The van der Waals surface area contributed by atoms with Crippen LogP contribution in [0.1, 0.15) is 61.8 Å². The summed E-state index contributed by atoms with van der Waals surface area (Å²) in [6, 6.07) is 14.4. The van der Waals surface area contributed by atoms with Gasteiger partial charge in [-0.25, -0.2) is 0 Å². The van der Waals surface area contributed by atoms with Crippen LogP contribution in [0.25, 0.3) is 11.4 Å². The van der Waals surface area contributed by atoms with Crippen LogP contribution in [-0.2, 0) is 13.0 Å². The molecule has 0 fully saturated rings. The molecule has 1 N–H and O–H groups in total. The molecular formula is C26H33N5O. The Labute approximate surface area is 190 Å². The van der Waals surface area contributed by atoms with E-state index in [1.165, 1.54) is 12.8 Å². The zero-order valence-corrected chi connectivity index (χ0v) is 19.6. The zero-order chi connectivity index (χ0) is 22.7. The summed E-state index contributed by atoms with van der Waals surface area (Å²) < 4.78 is 2.23. The summed E-state index contributed by atoms with van der Waals surface area (Å²) in [5.74, 6) is 1.84. The molecule has 0 aliphatic carbocycles. The molecule has 0 saturated heterocycles. The topological polar surface area (TPSA) is 63.1 Å². The number of carbonyl (C=O) groups is 1. The van der Waals surface area contributed by atoms with Crippen LogP contribution in [0.5, 0.6) is 0 Å². The SMILES string of the molecule is CCN(c1ccc(C(=O)Nc2cc(-c3nnc4n3CCCCC4)ccc2C)cc1)C(C)C. The second-order valence-electron chi connectivity index (χ2n) is 8.81. The molecule has 0 spiro atoms. The number of carbonyl (C=O) groups excluding carboxylic acids is 1. The van der Waals surface area contributed by atoms with Crippen LogP contribution >= 0.6 is 0 Å². The van der Waals surface area contributed by atoms with Crippen LogP contribution in [0.4, 0.5) is 11.4 Å². The molecule has 6 nitrogen and oxygen atoms in total. The molecule has 0 saturated carbocycles. The maximum absolute atomic E-state index is 13.0. The summed E-state index contributed by atoms with van der Waals surface area (Å²) in [5.41, 5.74) is 4.59. The fourth-order valence-electron chi connectivity index (χ4n) is 4.44. The minimum atomic E-state index is -0.107. The lowest BCUT2D eigenvalue weighted by molar-refractivity contribution is 0.102. The number of anilines is 2. The molecule has 2 heterocycles. The Balaban J connectivity index is 1.55. The Bertz CT molecular complexity index is 1080. The van der Waals surface area contributed by atoms with Crippen molar-refractivity contribution >= 4 is 17.3 Å². The van der Waals surface area contributed by atoms with E-state index in [0.717, 1.165) is 60.1 Å². The van der Waals surface area contributed by atoms with Gasteiger partial charge in [-0.2, -0.15) is 0 Å². The smallest absolute Gasteiger partial charge is 0.255 e. The van der Waals surface area contributed by atoms with E-state index in [1.54, 1.807) is 0 Å². The Morgan fingerprint density at radius 3 is 2.59 bits per heavy atom. The lowest BCUT2D eigenvalue weighted by Crippen LogP contribution is -2.30. The first-order valence-electron chi connectivity index (χ1n) is 11.7. The van der Waals surface area contributed by atoms with Crippen LogP contribution in [0, 0.1) is 6.92 Å². The van der Waals surface area contributed by atoms with E-state index in [-0.39, 0.29) is 5.91 Å². The number of aryl methyl sites for hydroxylation is 2.